The van der Waals surface area contributed by atoms with Gasteiger partial charge in [0.15, 0.2) is 5.60 Å². The van der Waals surface area contributed by atoms with Crippen molar-refractivity contribution in [2.24, 2.45) is 0 Å². The quantitative estimate of drug-likeness (QED) is 0.754. The zero-order valence-electron chi connectivity index (χ0n) is 14.1. The summed E-state index contributed by atoms with van der Waals surface area (Å²) < 4.78 is 45.3. The molecule has 1 unspecified atom stereocenters. The first-order valence-electron chi connectivity index (χ1n) is 7.75. The maximum atomic E-state index is 15.4. The molecule has 0 amide bonds. The van der Waals surface area contributed by atoms with Crippen LogP contribution in [-0.4, -0.2) is 30.3 Å². The van der Waals surface area contributed by atoms with Gasteiger partial charge in [0.2, 0.25) is 0 Å². The number of nitrogens with zero attached hydrogens (tertiary/aromatic N) is 5. The molecular weight excluding hydrogens is 347 g/mol. The Bertz CT molecular complexity index is 899. The number of pyridine rings is 1. The second kappa shape index (κ2) is 6.49. The van der Waals surface area contributed by atoms with Gasteiger partial charge < -0.3 is 5.11 Å². The molecule has 3 aromatic rings. The summed E-state index contributed by atoms with van der Waals surface area (Å²) in [6.45, 7) is 2.52. The van der Waals surface area contributed by atoms with Crippen LogP contribution in [0.2, 0.25) is 0 Å². The van der Waals surface area contributed by atoms with Crippen LogP contribution in [0, 0.1) is 19.7 Å². The summed E-state index contributed by atoms with van der Waals surface area (Å²) in [6.07, 6.45) is 2.40. The van der Waals surface area contributed by atoms with Crippen molar-refractivity contribution in [1.29, 1.82) is 0 Å². The Morgan fingerprint density at radius 3 is 2.50 bits per heavy atom. The van der Waals surface area contributed by atoms with Gasteiger partial charge in [0.25, 0.3) is 0 Å². The van der Waals surface area contributed by atoms with E-state index in [0.29, 0.717) is 5.56 Å². The van der Waals surface area contributed by atoms with Crippen molar-refractivity contribution >= 4 is 0 Å². The van der Waals surface area contributed by atoms with E-state index in [-0.39, 0.29) is 11.1 Å². The van der Waals surface area contributed by atoms with E-state index >= 15 is 8.78 Å². The zero-order valence-corrected chi connectivity index (χ0v) is 14.1. The van der Waals surface area contributed by atoms with Crippen molar-refractivity contribution in [2.45, 2.75) is 31.9 Å². The molecule has 6 nitrogen and oxygen atoms in total. The fourth-order valence-electron chi connectivity index (χ4n) is 2.80. The average Bonchev–Trinajstić information content (AvgIpc) is 3.07. The molecule has 0 spiro atoms. The Hall–Kier alpha value is -2.81. The van der Waals surface area contributed by atoms with Crippen molar-refractivity contribution in [3.05, 3.63) is 71.1 Å². The van der Waals surface area contributed by atoms with Gasteiger partial charge in [-0.1, -0.05) is 12.1 Å². The number of aromatic nitrogens is 5. The molecule has 136 valence electrons. The predicted molar refractivity (Wildman–Crippen MR) is 85.7 cm³/mol. The van der Waals surface area contributed by atoms with Crippen LogP contribution in [0.15, 0.2) is 42.9 Å². The van der Waals surface area contributed by atoms with Crippen molar-refractivity contribution in [1.82, 2.24) is 25.2 Å². The number of alkyl halides is 2. The number of rotatable bonds is 5. The second-order valence-corrected chi connectivity index (χ2v) is 6.12. The fourth-order valence-corrected chi connectivity index (χ4v) is 2.80. The van der Waals surface area contributed by atoms with Crippen LogP contribution in [0.25, 0.3) is 0 Å². The van der Waals surface area contributed by atoms with E-state index in [4.69, 9.17) is 0 Å². The van der Waals surface area contributed by atoms with E-state index in [1.807, 2.05) is 0 Å². The van der Waals surface area contributed by atoms with Crippen LogP contribution < -0.4 is 0 Å². The molecule has 1 atom stereocenters. The largest absolute Gasteiger partial charge is 0.377 e. The Kier molecular flexibility index (Phi) is 4.49. The SMILES string of the molecule is Cc1ccc(C(F)(F)C(O)(Cn2cnnn2)c2ccc(F)cc2C)nc1. The summed E-state index contributed by atoms with van der Waals surface area (Å²) in [4.78, 5) is 3.77. The molecule has 0 aliphatic rings. The Labute approximate surface area is 147 Å². The zero-order chi connectivity index (χ0) is 18.9. The molecule has 0 radical (unpaired) electrons. The lowest BCUT2D eigenvalue weighted by atomic mass is 9.82. The van der Waals surface area contributed by atoms with E-state index in [9.17, 15) is 9.50 Å². The van der Waals surface area contributed by atoms with Gasteiger partial charge in [-0.15, -0.1) is 5.10 Å². The summed E-state index contributed by atoms with van der Waals surface area (Å²) in [5, 5.41) is 21.5. The molecule has 0 fully saturated rings. The lowest BCUT2D eigenvalue weighted by Crippen LogP contribution is -2.47. The Balaban J connectivity index is 2.17. The minimum Gasteiger partial charge on any atom is -0.377 e. The molecule has 9 heteroatoms. The standard InChI is InChI=1S/C17H16F3N5O/c1-11-3-6-15(21-8-11)17(19,20)16(26,9-25-10-22-23-24-25)14-5-4-13(18)7-12(14)2/h3-8,10,26H,9H2,1-2H3. The number of aliphatic hydroxyl groups is 1. The minimum absolute atomic E-state index is 0.137. The third kappa shape index (κ3) is 3.05. The Morgan fingerprint density at radius 2 is 1.92 bits per heavy atom. The number of benzene rings is 1. The molecule has 2 aromatic heterocycles. The number of tetrazole rings is 1. The molecule has 0 saturated carbocycles. The number of hydrogen-bond acceptors (Lipinski definition) is 5. The van der Waals surface area contributed by atoms with Crippen LogP contribution >= 0.6 is 0 Å². The first kappa shape index (κ1) is 18.0. The minimum atomic E-state index is -3.80. The first-order valence-corrected chi connectivity index (χ1v) is 7.75. The maximum absolute atomic E-state index is 15.4. The number of aryl methyl sites for hydroxylation is 2. The summed E-state index contributed by atoms with van der Waals surface area (Å²) in [5.74, 6) is -4.39. The normalized spacial score (nSPS) is 14.2. The highest BCUT2D eigenvalue weighted by molar-refractivity contribution is 5.36. The van der Waals surface area contributed by atoms with Gasteiger partial charge in [-0.2, -0.15) is 8.78 Å². The maximum Gasteiger partial charge on any atom is 0.323 e. The van der Waals surface area contributed by atoms with Gasteiger partial charge in [-0.25, -0.2) is 9.07 Å². The monoisotopic (exact) mass is 363 g/mol. The van der Waals surface area contributed by atoms with E-state index < -0.39 is 29.6 Å². The van der Waals surface area contributed by atoms with Crippen LogP contribution in [0.5, 0.6) is 0 Å². The average molecular weight is 363 g/mol. The smallest absolute Gasteiger partial charge is 0.323 e. The summed E-state index contributed by atoms with van der Waals surface area (Å²) in [5.41, 5.74) is -2.62. The molecule has 0 aliphatic carbocycles. The number of hydrogen-bond donors (Lipinski definition) is 1. The lowest BCUT2D eigenvalue weighted by molar-refractivity contribution is -0.206. The van der Waals surface area contributed by atoms with Crippen molar-refractivity contribution in [3.63, 3.8) is 0 Å². The Morgan fingerprint density at radius 1 is 1.15 bits per heavy atom. The summed E-state index contributed by atoms with van der Waals surface area (Å²) >= 11 is 0. The molecule has 1 N–H and O–H groups in total. The van der Waals surface area contributed by atoms with E-state index in [1.54, 1.807) is 6.92 Å². The van der Waals surface area contributed by atoms with Crippen LogP contribution in [0.1, 0.15) is 22.4 Å². The molecule has 3 rings (SSSR count). The van der Waals surface area contributed by atoms with E-state index in [2.05, 4.69) is 20.5 Å². The van der Waals surface area contributed by atoms with Crippen LogP contribution in [0.4, 0.5) is 13.2 Å². The van der Waals surface area contributed by atoms with Crippen molar-refractivity contribution < 1.29 is 18.3 Å². The van der Waals surface area contributed by atoms with E-state index in [0.717, 1.165) is 35.3 Å². The van der Waals surface area contributed by atoms with Gasteiger partial charge >= 0.3 is 5.92 Å². The molecule has 0 aliphatic heterocycles. The fraction of sp³-hybridized carbons (Fsp3) is 0.294. The number of halogens is 3. The van der Waals surface area contributed by atoms with Gasteiger partial charge in [0.05, 0.1) is 6.54 Å². The highest BCUT2D eigenvalue weighted by Crippen LogP contribution is 2.46. The predicted octanol–water partition coefficient (Wildman–Crippen LogP) is 2.50. The van der Waals surface area contributed by atoms with E-state index in [1.165, 1.54) is 19.2 Å². The molecule has 0 saturated heterocycles. The molecule has 1 aromatic carbocycles. The molecule has 2 heterocycles. The second-order valence-electron chi connectivity index (χ2n) is 6.12. The summed E-state index contributed by atoms with van der Waals surface area (Å²) in [7, 11) is 0. The highest BCUT2D eigenvalue weighted by Gasteiger charge is 2.57. The first-order chi connectivity index (χ1) is 12.2. The lowest BCUT2D eigenvalue weighted by Gasteiger charge is -2.36. The van der Waals surface area contributed by atoms with Gasteiger partial charge in [-0.3, -0.25) is 4.98 Å². The van der Waals surface area contributed by atoms with Crippen molar-refractivity contribution in [2.75, 3.05) is 0 Å². The van der Waals surface area contributed by atoms with Gasteiger partial charge in [0, 0.05) is 6.20 Å². The topological polar surface area (TPSA) is 76.7 Å². The third-order valence-corrected chi connectivity index (χ3v) is 4.17. The third-order valence-electron chi connectivity index (χ3n) is 4.17. The van der Waals surface area contributed by atoms with Gasteiger partial charge in [0.1, 0.15) is 17.8 Å². The van der Waals surface area contributed by atoms with Crippen LogP contribution in [-0.2, 0) is 18.1 Å². The van der Waals surface area contributed by atoms with Crippen molar-refractivity contribution in [3.8, 4) is 0 Å². The molecule has 0 bridgehead atoms. The van der Waals surface area contributed by atoms with Gasteiger partial charge in [-0.05, 0) is 59.2 Å². The van der Waals surface area contributed by atoms with Crippen LogP contribution in [0.3, 0.4) is 0 Å². The summed E-state index contributed by atoms with van der Waals surface area (Å²) in [6, 6.07) is 5.87. The highest BCUT2D eigenvalue weighted by atomic mass is 19.3. The molecule has 26 heavy (non-hydrogen) atoms. The molecular formula is C17H16F3N5O.